The summed E-state index contributed by atoms with van der Waals surface area (Å²) in [5.74, 6) is -0.311. The Hall–Kier alpha value is -1.11. The molecule has 1 fully saturated rings. The summed E-state index contributed by atoms with van der Waals surface area (Å²) < 4.78 is 22.8. The number of nitrogens with two attached hydrogens (primary N) is 1. The first-order valence-electron chi connectivity index (χ1n) is 7.00. The number of carbonyl (C=O) groups is 1. The first kappa shape index (κ1) is 16.3. The predicted molar refractivity (Wildman–Crippen MR) is 81.8 cm³/mol. The van der Waals surface area contributed by atoms with Gasteiger partial charge in [-0.2, -0.15) is 0 Å². The van der Waals surface area contributed by atoms with Crippen molar-refractivity contribution < 1.29 is 13.2 Å². The standard InChI is InChI=1S/C14H19ClN2O3S/c15-11-7-10(8-13(9-11)21(16,19)20)14(18)17-12-5-3-1-2-4-6-12/h7-9,12H,1-6H2,(H,17,18)(H2,16,19,20). The van der Waals surface area contributed by atoms with Gasteiger partial charge in [-0.3, -0.25) is 4.79 Å². The minimum absolute atomic E-state index is 0.136. The van der Waals surface area contributed by atoms with E-state index in [-0.39, 0.29) is 27.4 Å². The van der Waals surface area contributed by atoms with Gasteiger partial charge in [0, 0.05) is 16.6 Å². The molecule has 0 heterocycles. The van der Waals surface area contributed by atoms with Gasteiger partial charge in [-0.25, -0.2) is 13.6 Å². The van der Waals surface area contributed by atoms with E-state index in [0.29, 0.717) is 0 Å². The highest BCUT2D eigenvalue weighted by molar-refractivity contribution is 7.89. The molecule has 7 heteroatoms. The number of amides is 1. The van der Waals surface area contributed by atoms with Gasteiger partial charge in [0.2, 0.25) is 10.0 Å². The Bertz CT molecular complexity index is 623. The third-order valence-electron chi connectivity index (χ3n) is 3.65. The molecular formula is C14H19ClN2O3S. The number of nitrogens with one attached hydrogen (secondary N) is 1. The molecule has 0 aliphatic heterocycles. The van der Waals surface area contributed by atoms with E-state index in [0.717, 1.165) is 25.7 Å². The number of halogens is 1. The van der Waals surface area contributed by atoms with Crippen molar-refractivity contribution in [2.75, 3.05) is 0 Å². The van der Waals surface area contributed by atoms with E-state index in [2.05, 4.69) is 5.32 Å². The quantitative estimate of drug-likeness (QED) is 0.834. The molecule has 1 aliphatic rings. The molecule has 0 spiro atoms. The molecule has 1 aliphatic carbocycles. The second-order valence-corrected chi connectivity index (χ2v) is 7.38. The van der Waals surface area contributed by atoms with Crippen LogP contribution in [0.15, 0.2) is 23.1 Å². The van der Waals surface area contributed by atoms with Gasteiger partial charge in [-0.15, -0.1) is 0 Å². The zero-order chi connectivity index (χ0) is 15.5. The highest BCUT2D eigenvalue weighted by Gasteiger charge is 2.18. The summed E-state index contributed by atoms with van der Waals surface area (Å²) in [4.78, 5) is 12.1. The molecule has 0 bridgehead atoms. The lowest BCUT2D eigenvalue weighted by atomic mass is 10.1. The van der Waals surface area contributed by atoms with Crippen molar-refractivity contribution in [3.63, 3.8) is 0 Å². The summed E-state index contributed by atoms with van der Waals surface area (Å²) in [6.07, 6.45) is 6.49. The average molecular weight is 331 g/mol. The van der Waals surface area contributed by atoms with Crippen molar-refractivity contribution in [2.24, 2.45) is 5.14 Å². The summed E-state index contributed by atoms with van der Waals surface area (Å²) in [6.45, 7) is 0. The predicted octanol–water partition coefficient (Wildman–Crippen LogP) is 2.44. The van der Waals surface area contributed by atoms with Gasteiger partial charge in [-0.05, 0) is 31.0 Å². The van der Waals surface area contributed by atoms with Crippen molar-refractivity contribution in [1.29, 1.82) is 0 Å². The van der Waals surface area contributed by atoms with Gasteiger partial charge in [0.05, 0.1) is 4.90 Å². The molecule has 0 saturated heterocycles. The Kier molecular flexibility index (Phi) is 5.24. The van der Waals surface area contributed by atoms with Crippen LogP contribution in [-0.4, -0.2) is 20.4 Å². The number of carbonyl (C=O) groups excluding carboxylic acids is 1. The lowest BCUT2D eigenvalue weighted by molar-refractivity contribution is 0.0933. The Labute approximate surface area is 129 Å². The average Bonchev–Trinajstić information content (AvgIpc) is 2.65. The number of benzene rings is 1. The third-order valence-corrected chi connectivity index (χ3v) is 4.76. The number of primary sulfonamides is 1. The molecule has 2 rings (SSSR count). The minimum atomic E-state index is -3.88. The van der Waals surface area contributed by atoms with Crippen LogP contribution in [0.25, 0.3) is 0 Å². The molecule has 1 aromatic carbocycles. The maximum atomic E-state index is 12.3. The van der Waals surface area contributed by atoms with Crippen LogP contribution in [0, 0.1) is 0 Å². The first-order valence-corrected chi connectivity index (χ1v) is 8.93. The van der Waals surface area contributed by atoms with Crippen LogP contribution in [0.2, 0.25) is 5.02 Å². The van der Waals surface area contributed by atoms with E-state index < -0.39 is 10.0 Å². The van der Waals surface area contributed by atoms with E-state index in [4.69, 9.17) is 16.7 Å². The van der Waals surface area contributed by atoms with E-state index in [1.165, 1.54) is 31.0 Å². The fraction of sp³-hybridized carbons (Fsp3) is 0.500. The van der Waals surface area contributed by atoms with E-state index in [1.807, 2.05) is 0 Å². The molecule has 0 aromatic heterocycles. The monoisotopic (exact) mass is 330 g/mol. The number of sulfonamides is 1. The lowest BCUT2D eigenvalue weighted by Crippen LogP contribution is -2.34. The SMILES string of the molecule is NS(=O)(=O)c1cc(Cl)cc(C(=O)NC2CCCCCC2)c1. The topological polar surface area (TPSA) is 89.3 Å². The molecule has 21 heavy (non-hydrogen) atoms. The fourth-order valence-electron chi connectivity index (χ4n) is 2.55. The molecule has 1 amide bonds. The minimum Gasteiger partial charge on any atom is -0.349 e. The molecular weight excluding hydrogens is 312 g/mol. The van der Waals surface area contributed by atoms with Crippen molar-refractivity contribution in [3.8, 4) is 0 Å². The van der Waals surface area contributed by atoms with Crippen LogP contribution in [0.3, 0.4) is 0 Å². The van der Waals surface area contributed by atoms with Gasteiger partial charge in [0.1, 0.15) is 0 Å². The normalized spacial score (nSPS) is 17.2. The van der Waals surface area contributed by atoms with Crippen LogP contribution in [0.1, 0.15) is 48.9 Å². The van der Waals surface area contributed by atoms with Crippen LogP contribution >= 0.6 is 11.6 Å². The Morgan fingerprint density at radius 3 is 2.33 bits per heavy atom. The summed E-state index contributed by atoms with van der Waals surface area (Å²) in [5.41, 5.74) is 0.218. The van der Waals surface area contributed by atoms with E-state index in [9.17, 15) is 13.2 Å². The summed E-state index contributed by atoms with van der Waals surface area (Å²) in [7, 11) is -3.88. The van der Waals surface area contributed by atoms with Gasteiger partial charge in [0.15, 0.2) is 0 Å². The van der Waals surface area contributed by atoms with E-state index in [1.54, 1.807) is 0 Å². The van der Waals surface area contributed by atoms with Gasteiger partial charge in [-0.1, -0.05) is 37.3 Å². The van der Waals surface area contributed by atoms with Crippen LogP contribution in [-0.2, 0) is 10.0 Å². The molecule has 3 N–H and O–H groups in total. The largest absolute Gasteiger partial charge is 0.349 e. The number of rotatable bonds is 3. The maximum absolute atomic E-state index is 12.3. The van der Waals surface area contributed by atoms with Crippen LogP contribution in [0.4, 0.5) is 0 Å². The second-order valence-electron chi connectivity index (χ2n) is 5.38. The molecule has 0 radical (unpaired) electrons. The zero-order valence-electron chi connectivity index (χ0n) is 11.6. The van der Waals surface area contributed by atoms with Gasteiger partial charge in [0.25, 0.3) is 5.91 Å². The Morgan fingerprint density at radius 2 is 1.76 bits per heavy atom. The highest BCUT2D eigenvalue weighted by Crippen LogP contribution is 2.20. The molecule has 1 saturated carbocycles. The summed E-state index contributed by atoms with van der Waals surface area (Å²) in [5, 5.41) is 8.20. The molecule has 0 atom stereocenters. The fourth-order valence-corrected chi connectivity index (χ4v) is 3.43. The number of hydrogen-bond acceptors (Lipinski definition) is 3. The van der Waals surface area contributed by atoms with Crippen molar-refractivity contribution >= 4 is 27.5 Å². The Balaban J connectivity index is 2.17. The van der Waals surface area contributed by atoms with Gasteiger partial charge >= 0.3 is 0 Å². The summed E-state index contributed by atoms with van der Waals surface area (Å²) >= 11 is 5.87. The van der Waals surface area contributed by atoms with Crippen LogP contribution in [0.5, 0.6) is 0 Å². The smallest absolute Gasteiger partial charge is 0.251 e. The molecule has 116 valence electrons. The molecule has 0 unspecified atom stereocenters. The van der Waals surface area contributed by atoms with Crippen molar-refractivity contribution in [1.82, 2.24) is 5.32 Å². The molecule has 5 nitrogen and oxygen atoms in total. The van der Waals surface area contributed by atoms with Crippen molar-refractivity contribution in [2.45, 2.75) is 49.5 Å². The van der Waals surface area contributed by atoms with Crippen LogP contribution < -0.4 is 10.5 Å². The Morgan fingerprint density at radius 1 is 1.14 bits per heavy atom. The lowest BCUT2D eigenvalue weighted by Gasteiger charge is -2.16. The van der Waals surface area contributed by atoms with Gasteiger partial charge < -0.3 is 5.32 Å². The third kappa shape index (κ3) is 4.69. The first-order chi connectivity index (χ1) is 9.86. The van der Waals surface area contributed by atoms with E-state index >= 15 is 0 Å². The molecule has 1 aromatic rings. The summed E-state index contributed by atoms with van der Waals surface area (Å²) in [6, 6.07) is 4.08. The van der Waals surface area contributed by atoms with Crippen molar-refractivity contribution in [3.05, 3.63) is 28.8 Å². The zero-order valence-corrected chi connectivity index (χ0v) is 13.2. The maximum Gasteiger partial charge on any atom is 0.251 e. The highest BCUT2D eigenvalue weighted by atomic mass is 35.5. The second kappa shape index (κ2) is 6.77. The number of hydrogen-bond donors (Lipinski definition) is 2.